The van der Waals surface area contributed by atoms with Crippen molar-refractivity contribution in [1.29, 1.82) is 0 Å². The molecule has 2 amide bonds. The highest BCUT2D eigenvalue weighted by Crippen LogP contribution is 2.32. The van der Waals surface area contributed by atoms with Crippen LogP contribution in [0.4, 0.5) is 0 Å². The SMILES string of the molecule is CC(C)[C@H]1CN(C(=O)c2ccn(C(C)(C)C)c2)CCC(=O)N1CC1CC1. The number of nitrogens with zero attached hydrogens (tertiary/aromatic N) is 3. The van der Waals surface area contributed by atoms with E-state index in [4.69, 9.17) is 0 Å². The van der Waals surface area contributed by atoms with Crippen LogP contribution in [-0.2, 0) is 10.3 Å². The van der Waals surface area contributed by atoms with Crippen molar-refractivity contribution < 1.29 is 9.59 Å². The first-order chi connectivity index (χ1) is 12.2. The average molecular weight is 360 g/mol. The van der Waals surface area contributed by atoms with Crippen LogP contribution >= 0.6 is 0 Å². The van der Waals surface area contributed by atoms with E-state index in [1.807, 2.05) is 23.4 Å². The zero-order valence-electron chi connectivity index (χ0n) is 16.9. The summed E-state index contributed by atoms with van der Waals surface area (Å²) in [5.41, 5.74) is 0.667. The van der Waals surface area contributed by atoms with Gasteiger partial charge in [0.1, 0.15) is 0 Å². The van der Waals surface area contributed by atoms with Gasteiger partial charge < -0.3 is 14.4 Å². The molecule has 3 rings (SSSR count). The highest BCUT2D eigenvalue weighted by molar-refractivity contribution is 5.94. The summed E-state index contributed by atoms with van der Waals surface area (Å²) in [5, 5.41) is 0. The van der Waals surface area contributed by atoms with Crippen molar-refractivity contribution in [1.82, 2.24) is 14.4 Å². The number of rotatable bonds is 4. The molecule has 1 saturated heterocycles. The first-order valence-corrected chi connectivity index (χ1v) is 9.94. The van der Waals surface area contributed by atoms with Crippen LogP contribution in [0.1, 0.15) is 64.2 Å². The molecule has 0 radical (unpaired) electrons. The second-order valence-electron chi connectivity index (χ2n) is 9.28. The van der Waals surface area contributed by atoms with E-state index in [0.717, 1.165) is 6.54 Å². The van der Waals surface area contributed by atoms with Crippen LogP contribution in [-0.4, -0.2) is 51.9 Å². The number of aromatic nitrogens is 1. The lowest BCUT2D eigenvalue weighted by molar-refractivity contribution is -0.133. The molecule has 0 unspecified atom stereocenters. The molecule has 0 spiro atoms. The monoisotopic (exact) mass is 359 g/mol. The molecule has 1 atom stereocenters. The van der Waals surface area contributed by atoms with Gasteiger partial charge in [0.05, 0.1) is 11.6 Å². The number of amides is 2. The van der Waals surface area contributed by atoms with Crippen LogP contribution in [0.25, 0.3) is 0 Å². The lowest BCUT2D eigenvalue weighted by Gasteiger charge is -2.34. The topological polar surface area (TPSA) is 45.6 Å². The van der Waals surface area contributed by atoms with E-state index in [0.29, 0.717) is 36.9 Å². The first kappa shape index (κ1) is 19.0. The van der Waals surface area contributed by atoms with E-state index < -0.39 is 0 Å². The van der Waals surface area contributed by atoms with Gasteiger partial charge in [-0.25, -0.2) is 0 Å². The van der Waals surface area contributed by atoms with Crippen LogP contribution in [0.5, 0.6) is 0 Å². The molecule has 1 aliphatic heterocycles. The molecule has 1 aromatic rings. The predicted molar refractivity (Wildman–Crippen MR) is 103 cm³/mol. The molecule has 0 aromatic carbocycles. The fraction of sp³-hybridized carbons (Fsp3) is 0.714. The Morgan fingerprint density at radius 2 is 1.96 bits per heavy atom. The smallest absolute Gasteiger partial charge is 0.255 e. The largest absolute Gasteiger partial charge is 0.348 e. The minimum absolute atomic E-state index is 0.0414. The zero-order valence-corrected chi connectivity index (χ0v) is 16.9. The van der Waals surface area contributed by atoms with Crippen molar-refractivity contribution in [3.63, 3.8) is 0 Å². The maximum atomic E-state index is 13.1. The van der Waals surface area contributed by atoms with Gasteiger partial charge in [0.15, 0.2) is 0 Å². The Morgan fingerprint density at radius 3 is 2.50 bits per heavy atom. The normalized spacial score (nSPS) is 22.1. The van der Waals surface area contributed by atoms with E-state index in [2.05, 4.69) is 44.1 Å². The average Bonchev–Trinajstić information content (AvgIpc) is 3.26. The second kappa shape index (κ2) is 7.09. The van der Waals surface area contributed by atoms with Crippen LogP contribution in [0.15, 0.2) is 18.5 Å². The van der Waals surface area contributed by atoms with E-state index in [9.17, 15) is 9.59 Å². The van der Waals surface area contributed by atoms with Gasteiger partial charge in [-0.2, -0.15) is 0 Å². The zero-order chi connectivity index (χ0) is 19.1. The maximum absolute atomic E-state index is 13.1. The standard InChI is InChI=1S/C21H33N3O2/c1-15(2)18-14-22(10-9-19(25)24(18)12-16-6-7-16)20(26)17-8-11-23(13-17)21(3,4)5/h8,11,13,15-16,18H,6-7,9-10,12,14H2,1-5H3/t18-/m1/s1. The molecule has 0 N–H and O–H groups in total. The minimum atomic E-state index is -0.0468. The van der Waals surface area contributed by atoms with Crippen molar-refractivity contribution in [3.8, 4) is 0 Å². The second-order valence-corrected chi connectivity index (χ2v) is 9.28. The summed E-state index contributed by atoms with van der Waals surface area (Å²) in [4.78, 5) is 29.8. The molecule has 2 fully saturated rings. The maximum Gasteiger partial charge on any atom is 0.255 e. The van der Waals surface area contributed by atoms with Crippen molar-refractivity contribution in [2.24, 2.45) is 11.8 Å². The highest BCUT2D eigenvalue weighted by atomic mass is 16.2. The molecule has 1 aromatic heterocycles. The summed E-state index contributed by atoms with van der Waals surface area (Å²) in [7, 11) is 0. The van der Waals surface area contributed by atoms with Crippen LogP contribution in [0, 0.1) is 11.8 Å². The summed E-state index contributed by atoms with van der Waals surface area (Å²) in [6.45, 7) is 12.7. The lowest BCUT2D eigenvalue weighted by Crippen LogP contribution is -2.48. The fourth-order valence-electron chi connectivity index (χ4n) is 3.67. The third kappa shape index (κ3) is 4.13. The van der Waals surface area contributed by atoms with Crippen LogP contribution in [0.3, 0.4) is 0 Å². The van der Waals surface area contributed by atoms with Gasteiger partial charge in [-0.3, -0.25) is 9.59 Å². The number of carbonyl (C=O) groups is 2. The predicted octanol–water partition coefficient (Wildman–Crippen LogP) is 3.35. The van der Waals surface area contributed by atoms with E-state index in [-0.39, 0.29) is 23.4 Å². The molecular weight excluding hydrogens is 326 g/mol. The van der Waals surface area contributed by atoms with Crippen molar-refractivity contribution >= 4 is 11.8 Å². The summed E-state index contributed by atoms with van der Waals surface area (Å²) >= 11 is 0. The third-order valence-electron chi connectivity index (χ3n) is 5.65. The molecule has 144 valence electrons. The molecule has 5 nitrogen and oxygen atoms in total. The van der Waals surface area contributed by atoms with Crippen LogP contribution < -0.4 is 0 Å². The summed E-state index contributed by atoms with van der Waals surface area (Å²) in [6, 6.07) is 2.01. The Kier molecular flexibility index (Phi) is 5.18. The number of hydrogen-bond acceptors (Lipinski definition) is 2. The molecule has 26 heavy (non-hydrogen) atoms. The molecule has 2 aliphatic rings. The van der Waals surface area contributed by atoms with Gasteiger partial charge in [-0.05, 0) is 51.5 Å². The molecule has 0 bridgehead atoms. The van der Waals surface area contributed by atoms with E-state index in [1.165, 1.54) is 12.8 Å². The first-order valence-electron chi connectivity index (χ1n) is 9.94. The fourth-order valence-corrected chi connectivity index (χ4v) is 3.67. The number of hydrogen-bond donors (Lipinski definition) is 0. The van der Waals surface area contributed by atoms with Gasteiger partial charge >= 0.3 is 0 Å². The lowest BCUT2D eigenvalue weighted by atomic mass is 10.0. The molecule has 1 aliphatic carbocycles. The van der Waals surface area contributed by atoms with E-state index >= 15 is 0 Å². The van der Waals surface area contributed by atoms with Crippen molar-refractivity contribution in [2.75, 3.05) is 19.6 Å². The Labute approximate surface area is 157 Å². The summed E-state index contributed by atoms with van der Waals surface area (Å²) < 4.78 is 2.07. The Hall–Kier alpha value is -1.78. The van der Waals surface area contributed by atoms with Gasteiger partial charge in [0.25, 0.3) is 5.91 Å². The van der Waals surface area contributed by atoms with E-state index in [1.54, 1.807) is 0 Å². The van der Waals surface area contributed by atoms with Crippen LogP contribution in [0.2, 0.25) is 0 Å². The van der Waals surface area contributed by atoms with Gasteiger partial charge in [0, 0.05) is 44.0 Å². The van der Waals surface area contributed by atoms with Gasteiger partial charge in [-0.15, -0.1) is 0 Å². The molecule has 5 heteroatoms. The van der Waals surface area contributed by atoms with Gasteiger partial charge in [0.2, 0.25) is 5.91 Å². The summed E-state index contributed by atoms with van der Waals surface area (Å²) in [5.74, 6) is 1.26. The number of carbonyl (C=O) groups excluding carboxylic acids is 2. The molecular formula is C21H33N3O2. The Bertz CT molecular complexity index is 667. The quantitative estimate of drug-likeness (QED) is 0.827. The molecule has 2 heterocycles. The molecule has 1 saturated carbocycles. The summed E-state index contributed by atoms with van der Waals surface area (Å²) in [6.07, 6.45) is 6.80. The van der Waals surface area contributed by atoms with Crippen molar-refractivity contribution in [2.45, 2.75) is 65.5 Å². The highest BCUT2D eigenvalue weighted by Gasteiger charge is 2.36. The Morgan fingerprint density at radius 1 is 1.27 bits per heavy atom. The third-order valence-corrected chi connectivity index (χ3v) is 5.65. The Balaban J connectivity index is 1.78. The van der Waals surface area contributed by atoms with Gasteiger partial charge in [-0.1, -0.05) is 13.8 Å². The minimum Gasteiger partial charge on any atom is -0.348 e. The van der Waals surface area contributed by atoms with Crippen molar-refractivity contribution in [3.05, 3.63) is 24.0 Å².